The van der Waals surface area contributed by atoms with E-state index in [2.05, 4.69) is 20.2 Å². The van der Waals surface area contributed by atoms with Gasteiger partial charge in [-0.3, -0.25) is 0 Å². The predicted molar refractivity (Wildman–Crippen MR) is 106 cm³/mol. The van der Waals surface area contributed by atoms with E-state index < -0.39 is 5.82 Å². The van der Waals surface area contributed by atoms with Gasteiger partial charge in [-0.2, -0.15) is 5.26 Å². The van der Waals surface area contributed by atoms with Gasteiger partial charge in [0.15, 0.2) is 5.75 Å². The summed E-state index contributed by atoms with van der Waals surface area (Å²) >= 11 is 0. The molecule has 0 atom stereocenters. The van der Waals surface area contributed by atoms with Crippen molar-refractivity contribution in [2.45, 2.75) is 0 Å². The fourth-order valence-electron chi connectivity index (χ4n) is 2.95. The molecular formula is C21H18FN5O2. The molecule has 0 unspecified atom stereocenters. The summed E-state index contributed by atoms with van der Waals surface area (Å²) in [5, 5.41) is 11.7. The maximum absolute atomic E-state index is 13.9. The fourth-order valence-corrected chi connectivity index (χ4v) is 2.95. The molecule has 29 heavy (non-hydrogen) atoms. The Labute approximate surface area is 167 Å². The van der Waals surface area contributed by atoms with Gasteiger partial charge in [0.25, 0.3) is 0 Å². The van der Waals surface area contributed by atoms with Crippen molar-refractivity contribution in [1.82, 2.24) is 9.97 Å². The molecule has 2 aromatic carbocycles. The van der Waals surface area contributed by atoms with Crippen LogP contribution >= 0.6 is 0 Å². The van der Waals surface area contributed by atoms with Gasteiger partial charge < -0.3 is 19.7 Å². The predicted octanol–water partition coefficient (Wildman–Crippen LogP) is 3.86. The molecule has 0 aliphatic carbocycles. The quantitative estimate of drug-likeness (QED) is 0.707. The van der Waals surface area contributed by atoms with Gasteiger partial charge in [0.2, 0.25) is 5.95 Å². The SMILES string of the molecule is N#Cc1ccc(F)c(Nc2ncc(Oc3cccc(N4CCOCC4)c3)cn2)c1. The van der Waals surface area contributed by atoms with Crippen molar-refractivity contribution in [3.8, 4) is 17.6 Å². The number of nitriles is 1. The van der Waals surface area contributed by atoms with Crippen molar-refractivity contribution >= 4 is 17.3 Å². The van der Waals surface area contributed by atoms with E-state index in [-0.39, 0.29) is 11.6 Å². The highest BCUT2D eigenvalue weighted by Crippen LogP contribution is 2.26. The third-order valence-corrected chi connectivity index (χ3v) is 4.40. The Hall–Kier alpha value is -3.70. The molecule has 1 aromatic heterocycles. The lowest BCUT2D eigenvalue weighted by atomic mass is 10.2. The molecule has 146 valence electrons. The number of nitrogens with one attached hydrogen (secondary N) is 1. The molecule has 0 saturated carbocycles. The van der Waals surface area contributed by atoms with Crippen molar-refractivity contribution in [3.05, 3.63) is 66.2 Å². The zero-order chi connectivity index (χ0) is 20.1. The summed E-state index contributed by atoms with van der Waals surface area (Å²) in [7, 11) is 0. The molecule has 0 spiro atoms. The van der Waals surface area contributed by atoms with E-state index in [4.69, 9.17) is 14.7 Å². The van der Waals surface area contributed by atoms with Gasteiger partial charge in [-0.25, -0.2) is 14.4 Å². The molecule has 0 bridgehead atoms. The molecule has 4 rings (SSSR count). The number of ether oxygens (including phenoxy) is 2. The van der Waals surface area contributed by atoms with Crippen LogP contribution in [0.25, 0.3) is 0 Å². The molecule has 7 nitrogen and oxygen atoms in total. The molecule has 1 saturated heterocycles. The molecule has 0 amide bonds. The normalized spacial score (nSPS) is 13.6. The maximum atomic E-state index is 13.9. The van der Waals surface area contributed by atoms with Crippen molar-refractivity contribution in [2.24, 2.45) is 0 Å². The van der Waals surface area contributed by atoms with Gasteiger partial charge in [-0.05, 0) is 30.3 Å². The number of halogens is 1. The smallest absolute Gasteiger partial charge is 0.227 e. The minimum Gasteiger partial charge on any atom is -0.454 e. The molecule has 1 N–H and O–H groups in total. The highest BCUT2D eigenvalue weighted by atomic mass is 19.1. The number of nitrogens with zero attached hydrogens (tertiary/aromatic N) is 4. The first-order valence-corrected chi connectivity index (χ1v) is 9.10. The Morgan fingerprint density at radius 3 is 2.62 bits per heavy atom. The van der Waals surface area contributed by atoms with Gasteiger partial charge in [-0.15, -0.1) is 0 Å². The highest BCUT2D eigenvalue weighted by molar-refractivity contribution is 5.57. The van der Waals surface area contributed by atoms with Crippen LogP contribution in [-0.2, 0) is 4.74 Å². The first kappa shape index (κ1) is 18.7. The van der Waals surface area contributed by atoms with Crippen LogP contribution in [-0.4, -0.2) is 36.3 Å². The molecule has 8 heteroatoms. The monoisotopic (exact) mass is 391 g/mol. The molecule has 3 aromatic rings. The molecule has 1 aliphatic heterocycles. The number of morpholine rings is 1. The summed E-state index contributed by atoms with van der Waals surface area (Å²) in [5.74, 6) is 0.841. The first-order chi connectivity index (χ1) is 14.2. The van der Waals surface area contributed by atoms with Crippen LogP contribution in [0, 0.1) is 17.1 Å². The average molecular weight is 391 g/mol. The van der Waals surface area contributed by atoms with E-state index in [1.807, 2.05) is 30.3 Å². The molecular weight excluding hydrogens is 373 g/mol. The summed E-state index contributed by atoms with van der Waals surface area (Å²) in [4.78, 5) is 10.6. The summed E-state index contributed by atoms with van der Waals surface area (Å²) in [6.45, 7) is 3.11. The van der Waals surface area contributed by atoms with Crippen molar-refractivity contribution in [2.75, 3.05) is 36.5 Å². The van der Waals surface area contributed by atoms with Gasteiger partial charge in [0.05, 0.1) is 42.9 Å². The number of anilines is 3. The second-order valence-corrected chi connectivity index (χ2v) is 6.37. The Morgan fingerprint density at radius 2 is 1.86 bits per heavy atom. The Balaban J connectivity index is 1.44. The second kappa shape index (κ2) is 8.54. The van der Waals surface area contributed by atoms with E-state index in [1.165, 1.54) is 30.6 Å². The minimum absolute atomic E-state index is 0.135. The zero-order valence-electron chi connectivity index (χ0n) is 15.5. The fraction of sp³-hybridized carbons (Fsp3) is 0.190. The zero-order valence-corrected chi connectivity index (χ0v) is 15.5. The van der Waals surface area contributed by atoms with Crippen LogP contribution in [0.2, 0.25) is 0 Å². The van der Waals surface area contributed by atoms with Crippen LogP contribution in [0.4, 0.5) is 21.7 Å². The lowest BCUT2D eigenvalue weighted by Gasteiger charge is -2.29. The molecule has 1 aliphatic rings. The number of benzene rings is 2. The Bertz CT molecular complexity index is 1030. The lowest BCUT2D eigenvalue weighted by Crippen LogP contribution is -2.36. The summed E-state index contributed by atoms with van der Waals surface area (Å²) < 4.78 is 25.1. The van der Waals surface area contributed by atoms with E-state index in [0.29, 0.717) is 30.3 Å². The topological polar surface area (TPSA) is 83.3 Å². The van der Waals surface area contributed by atoms with Crippen LogP contribution in [0.15, 0.2) is 54.9 Å². The second-order valence-electron chi connectivity index (χ2n) is 6.37. The summed E-state index contributed by atoms with van der Waals surface area (Å²) in [6, 6.07) is 13.8. The minimum atomic E-state index is -0.493. The van der Waals surface area contributed by atoms with Crippen LogP contribution < -0.4 is 15.0 Å². The number of aromatic nitrogens is 2. The Kier molecular flexibility index (Phi) is 5.49. The van der Waals surface area contributed by atoms with Crippen molar-refractivity contribution in [1.29, 1.82) is 5.26 Å². The van der Waals surface area contributed by atoms with E-state index in [1.54, 1.807) is 0 Å². The summed E-state index contributed by atoms with van der Waals surface area (Å²) in [5.41, 5.74) is 1.54. The Morgan fingerprint density at radius 1 is 1.07 bits per heavy atom. The van der Waals surface area contributed by atoms with Gasteiger partial charge in [-0.1, -0.05) is 6.07 Å². The number of hydrogen-bond acceptors (Lipinski definition) is 7. The number of rotatable bonds is 5. The van der Waals surface area contributed by atoms with E-state index in [0.717, 1.165) is 18.8 Å². The maximum Gasteiger partial charge on any atom is 0.227 e. The largest absolute Gasteiger partial charge is 0.454 e. The first-order valence-electron chi connectivity index (χ1n) is 9.10. The molecule has 2 heterocycles. The average Bonchev–Trinajstić information content (AvgIpc) is 2.77. The molecule has 1 fully saturated rings. The summed E-state index contributed by atoms with van der Waals surface area (Å²) in [6.07, 6.45) is 3.01. The van der Waals surface area contributed by atoms with Crippen molar-refractivity contribution < 1.29 is 13.9 Å². The molecule has 0 radical (unpaired) electrons. The van der Waals surface area contributed by atoms with Crippen LogP contribution in [0.5, 0.6) is 11.5 Å². The van der Waals surface area contributed by atoms with Gasteiger partial charge in [0.1, 0.15) is 11.6 Å². The lowest BCUT2D eigenvalue weighted by molar-refractivity contribution is 0.122. The van der Waals surface area contributed by atoms with Gasteiger partial charge >= 0.3 is 0 Å². The van der Waals surface area contributed by atoms with Gasteiger partial charge in [0, 0.05) is 24.8 Å². The van der Waals surface area contributed by atoms with Crippen LogP contribution in [0.1, 0.15) is 5.56 Å². The van der Waals surface area contributed by atoms with E-state index in [9.17, 15) is 4.39 Å². The third-order valence-electron chi connectivity index (χ3n) is 4.40. The number of hydrogen-bond donors (Lipinski definition) is 1. The van der Waals surface area contributed by atoms with E-state index >= 15 is 0 Å². The van der Waals surface area contributed by atoms with Crippen LogP contribution in [0.3, 0.4) is 0 Å². The third kappa shape index (κ3) is 4.59. The van der Waals surface area contributed by atoms with Crippen molar-refractivity contribution in [3.63, 3.8) is 0 Å². The highest BCUT2D eigenvalue weighted by Gasteiger charge is 2.12. The standard InChI is InChI=1S/C21H18FN5O2/c22-19-5-4-15(12-23)10-20(19)26-21-24-13-18(14-25-21)29-17-3-1-2-16(11-17)27-6-8-28-9-7-27/h1-5,10-11,13-14H,6-9H2,(H,24,25,26).